The Morgan fingerprint density at radius 2 is 1.38 bits per heavy atom. The number of benzene rings is 3. The van der Waals surface area contributed by atoms with Crippen molar-refractivity contribution in [2.45, 2.75) is 23.6 Å². The summed E-state index contributed by atoms with van der Waals surface area (Å²) < 4.78 is 67.5. The van der Waals surface area contributed by atoms with Crippen molar-refractivity contribution in [1.82, 2.24) is 0 Å². The number of fused-ring (bicyclic) bond motifs is 1. The van der Waals surface area contributed by atoms with E-state index < -0.39 is 20.0 Å². The first-order valence-corrected chi connectivity index (χ1v) is 12.7. The van der Waals surface area contributed by atoms with Crippen molar-refractivity contribution in [3.05, 3.63) is 71.8 Å². The summed E-state index contributed by atoms with van der Waals surface area (Å²) in [5.41, 5.74) is 2.05. The zero-order chi connectivity index (χ0) is 22.9. The molecule has 168 valence electrons. The number of anilines is 2. The van der Waals surface area contributed by atoms with Gasteiger partial charge in [-0.2, -0.15) is 0 Å². The molecule has 0 spiro atoms. The molecule has 0 bridgehead atoms. The number of sulfonamides is 2. The highest BCUT2D eigenvalue weighted by Gasteiger charge is 2.22. The van der Waals surface area contributed by atoms with Crippen molar-refractivity contribution in [2.24, 2.45) is 0 Å². The van der Waals surface area contributed by atoms with Crippen LogP contribution in [0.25, 0.3) is 0 Å². The minimum atomic E-state index is -4.00. The summed E-state index contributed by atoms with van der Waals surface area (Å²) in [5, 5.41) is 0. The van der Waals surface area contributed by atoms with E-state index in [1.165, 1.54) is 30.3 Å². The van der Waals surface area contributed by atoms with Crippen LogP contribution in [0.1, 0.15) is 11.1 Å². The molecule has 0 atom stereocenters. The second kappa shape index (κ2) is 8.36. The standard InChI is InChI=1S/C22H22N2O6S2/c1-15-4-3-5-17(12-15)23-31(25,26)18-7-6-16(2)20(13-18)24-32(27,28)19-8-9-21-22(14-19)30-11-10-29-21/h3-9,12-14,23-24H,10-11H2,1-2H3. The Balaban J connectivity index is 1.62. The molecule has 0 radical (unpaired) electrons. The van der Waals surface area contributed by atoms with Crippen molar-refractivity contribution >= 4 is 31.4 Å². The van der Waals surface area contributed by atoms with E-state index in [9.17, 15) is 16.8 Å². The lowest BCUT2D eigenvalue weighted by Crippen LogP contribution is -2.18. The lowest BCUT2D eigenvalue weighted by atomic mass is 10.2. The SMILES string of the molecule is Cc1cccc(NS(=O)(=O)c2ccc(C)c(NS(=O)(=O)c3ccc4c(c3)OCCO4)c2)c1. The number of rotatable bonds is 6. The fourth-order valence-electron chi connectivity index (χ4n) is 3.20. The molecule has 0 aliphatic carbocycles. The van der Waals surface area contributed by atoms with Gasteiger partial charge in [0.25, 0.3) is 20.0 Å². The molecule has 10 heteroatoms. The molecule has 0 unspecified atom stereocenters. The Kier molecular flexibility index (Phi) is 5.74. The summed E-state index contributed by atoms with van der Waals surface area (Å²) in [6, 6.07) is 15.5. The summed E-state index contributed by atoms with van der Waals surface area (Å²) in [5.74, 6) is 0.816. The number of hydrogen-bond donors (Lipinski definition) is 2. The van der Waals surface area contributed by atoms with Gasteiger partial charge in [0.15, 0.2) is 11.5 Å². The Morgan fingerprint density at radius 1 is 0.719 bits per heavy atom. The van der Waals surface area contributed by atoms with Gasteiger partial charge in [0, 0.05) is 11.8 Å². The second-order valence-electron chi connectivity index (χ2n) is 7.36. The topological polar surface area (TPSA) is 111 Å². The number of aryl methyl sites for hydroxylation is 2. The lowest BCUT2D eigenvalue weighted by molar-refractivity contribution is 0.171. The van der Waals surface area contributed by atoms with Gasteiger partial charge in [-0.3, -0.25) is 9.44 Å². The van der Waals surface area contributed by atoms with E-state index in [1.807, 2.05) is 13.0 Å². The number of ether oxygens (including phenoxy) is 2. The van der Waals surface area contributed by atoms with Gasteiger partial charge in [-0.25, -0.2) is 16.8 Å². The molecule has 3 aromatic carbocycles. The van der Waals surface area contributed by atoms with Crippen LogP contribution >= 0.6 is 0 Å². The highest BCUT2D eigenvalue weighted by molar-refractivity contribution is 7.93. The molecule has 0 saturated carbocycles. The van der Waals surface area contributed by atoms with Crippen molar-refractivity contribution in [3.63, 3.8) is 0 Å². The Hall–Kier alpha value is -3.24. The quantitative estimate of drug-likeness (QED) is 0.564. The highest BCUT2D eigenvalue weighted by Crippen LogP contribution is 2.33. The molecular weight excluding hydrogens is 452 g/mol. The first kappa shape index (κ1) is 22.0. The minimum Gasteiger partial charge on any atom is -0.486 e. The van der Waals surface area contributed by atoms with Crippen LogP contribution < -0.4 is 18.9 Å². The van der Waals surface area contributed by atoms with E-state index >= 15 is 0 Å². The molecule has 0 fully saturated rings. The summed E-state index contributed by atoms with van der Waals surface area (Å²) in [4.78, 5) is -0.0863. The van der Waals surface area contributed by atoms with Crippen LogP contribution in [-0.4, -0.2) is 30.0 Å². The van der Waals surface area contributed by atoms with E-state index in [0.717, 1.165) is 5.56 Å². The van der Waals surface area contributed by atoms with Crippen LogP contribution in [-0.2, 0) is 20.0 Å². The maximum Gasteiger partial charge on any atom is 0.262 e. The molecule has 32 heavy (non-hydrogen) atoms. The van der Waals surface area contributed by atoms with E-state index in [2.05, 4.69) is 9.44 Å². The molecule has 8 nitrogen and oxygen atoms in total. The van der Waals surface area contributed by atoms with Crippen molar-refractivity contribution in [3.8, 4) is 11.5 Å². The molecule has 3 aromatic rings. The van der Waals surface area contributed by atoms with Crippen LogP contribution in [0, 0.1) is 13.8 Å². The maximum absolute atomic E-state index is 13.0. The number of nitrogens with one attached hydrogen (secondary N) is 2. The van der Waals surface area contributed by atoms with Gasteiger partial charge in [-0.05, 0) is 61.4 Å². The van der Waals surface area contributed by atoms with Gasteiger partial charge in [-0.15, -0.1) is 0 Å². The van der Waals surface area contributed by atoms with Crippen LogP contribution in [0.3, 0.4) is 0 Å². The fraction of sp³-hybridized carbons (Fsp3) is 0.182. The van der Waals surface area contributed by atoms with Crippen molar-refractivity contribution in [1.29, 1.82) is 0 Å². The summed E-state index contributed by atoms with van der Waals surface area (Å²) in [6.07, 6.45) is 0. The van der Waals surface area contributed by atoms with E-state index in [4.69, 9.17) is 9.47 Å². The normalized spacial score (nSPS) is 13.4. The third kappa shape index (κ3) is 4.66. The average molecular weight is 475 g/mol. The van der Waals surface area contributed by atoms with Gasteiger partial charge in [0.2, 0.25) is 0 Å². The van der Waals surface area contributed by atoms with Gasteiger partial charge in [-0.1, -0.05) is 18.2 Å². The smallest absolute Gasteiger partial charge is 0.262 e. The fourth-order valence-corrected chi connectivity index (χ4v) is 5.41. The average Bonchev–Trinajstić information content (AvgIpc) is 2.74. The molecule has 1 aliphatic rings. The predicted molar refractivity (Wildman–Crippen MR) is 121 cm³/mol. The van der Waals surface area contributed by atoms with Gasteiger partial charge in [0.1, 0.15) is 13.2 Å². The zero-order valence-corrected chi connectivity index (χ0v) is 19.1. The van der Waals surface area contributed by atoms with Crippen molar-refractivity contribution < 1.29 is 26.3 Å². The van der Waals surface area contributed by atoms with Crippen LogP contribution in [0.15, 0.2) is 70.5 Å². The molecule has 4 rings (SSSR count). The van der Waals surface area contributed by atoms with Gasteiger partial charge >= 0.3 is 0 Å². The summed E-state index contributed by atoms with van der Waals surface area (Å²) >= 11 is 0. The molecule has 0 saturated heterocycles. The van der Waals surface area contributed by atoms with Gasteiger partial charge in [0.05, 0.1) is 15.5 Å². The molecule has 0 aromatic heterocycles. The summed E-state index contributed by atoms with van der Waals surface area (Å²) in [6.45, 7) is 4.27. The third-order valence-corrected chi connectivity index (χ3v) is 7.60. The first-order chi connectivity index (χ1) is 15.1. The van der Waals surface area contributed by atoms with E-state index in [0.29, 0.717) is 36.0 Å². The molecule has 1 aliphatic heterocycles. The summed E-state index contributed by atoms with van der Waals surface area (Å²) in [7, 11) is -7.92. The van der Waals surface area contributed by atoms with E-state index in [-0.39, 0.29) is 15.5 Å². The van der Waals surface area contributed by atoms with Crippen LogP contribution in [0.4, 0.5) is 11.4 Å². The molecular formula is C22H22N2O6S2. The Bertz CT molecular complexity index is 1390. The zero-order valence-electron chi connectivity index (χ0n) is 17.5. The predicted octanol–water partition coefficient (Wildman–Crippen LogP) is 3.68. The Morgan fingerprint density at radius 3 is 2.12 bits per heavy atom. The largest absolute Gasteiger partial charge is 0.486 e. The van der Waals surface area contributed by atoms with Gasteiger partial charge < -0.3 is 9.47 Å². The highest BCUT2D eigenvalue weighted by atomic mass is 32.2. The second-order valence-corrected chi connectivity index (χ2v) is 10.7. The Labute approximate surface area is 187 Å². The van der Waals surface area contributed by atoms with Crippen LogP contribution in [0.5, 0.6) is 11.5 Å². The van der Waals surface area contributed by atoms with Crippen LogP contribution in [0.2, 0.25) is 0 Å². The molecule has 2 N–H and O–H groups in total. The first-order valence-electron chi connectivity index (χ1n) is 9.77. The minimum absolute atomic E-state index is 0.0210. The number of hydrogen-bond acceptors (Lipinski definition) is 6. The maximum atomic E-state index is 13.0. The monoisotopic (exact) mass is 474 g/mol. The third-order valence-electron chi connectivity index (χ3n) is 4.86. The van der Waals surface area contributed by atoms with Crippen molar-refractivity contribution in [2.75, 3.05) is 22.7 Å². The molecule has 1 heterocycles. The van der Waals surface area contributed by atoms with E-state index in [1.54, 1.807) is 31.2 Å². The lowest BCUT2D eigenvalue weighted by Gasteiger charge is -2.19. The molecule has 0 amide bonds.